The van der Waals surface area contributed by atoms with E-state index in [0.29, 0.717) is 6.08 Å². The number of ether oxygens (including phenoxy) is 2. The normalized spacial score (nSPS) is 24.2. The first-order valence-corrected chi connectivity index (χ1v) is 9.47. The molecule has 1 amide bonds. The minimum absolute atomic E-state index is 0. The molecule has 18 heteroatoms. The Morgan fingerprint density at radius 3 is 2.25 bits per heavy atom. The molecular weight excluding hydrogens is 484 g/mol. The minimum atomic E-state index is -5.32. The summed E-state index contributed by atoms with van der Waals surface area (Å²) in [6.07, 6.45) is -11.7. The van der Waals surface area contributed by atoms with Gasteiger partial charge in [0.15, 0.2) is 0 Å². The van der Waals surface area contributed by atoms with Gasteiger partial charge in [-0.2, -0.15) is 8.42 Å². The van der Waals surface area contributed by atoms with Gasteiger partial charge in [-0.25, -0.2) is 8.98 Å². The number of hydrogen-bond acceptors (Lipinski definition) is 12. The van der Waals surface area contributed by atoms with Crippen molar-refractivity contribution in [2.45, 2.75) is 49.8 Å². The molecule has 0 unspecified atom stereocenters. The first-order chi connectivity index (χ1) is 13.8. The summed E-state index contributed by atoms with van der Waals surface area (Å²) in [5, 5.41) is 49.8. The zero-order valence-corrected chi connectivity index (χ0v) is 22.1. The number of hydrogen-bond donors (Lipinski definition) is 7. The number of carbonyl (C=O) groups is 3. The topological polar surface area (TPSA) is 246 Å². The number of nitrogens with one attached hydrogen (secondary N) is 1. The van der Waals surface area contributed by atoms with E-state index in [1.165, 1.54) is 0 Å². The number of aliphatic carboxylic acids is 1. The van der Waals surface area contributed by atoms with E-state index in [-0.39, 0.29) is 65.4 Å². The Morgan fingerprint density at radius 1 is 1.28 bits per heavy atom. The van der Waals surface area contributed by atoms with Crippen LogP contribution in [0.1, 0.15) is 6.92 Å². The third kappa shape index (κ3) is 10.4. The van der Waals surface area contributed by atoms with Gasteiger partial charge in [0.25, 0.3) is 0 Å². The maximum absolute atomic E-state index is 11.5. The van der Waals surface area contributed by atoms with Gasteiger partial charge in [0.05, 0.1) is 6.61 Å². The van der Waals surface area contributed by atoms with Crippen molar-refractivity contribution < 1.29 is 66.5 Å². The summed E-state index contributed by atoms with van der Waals surface area (Å²) < 4.78 is 45.5. The molecule has 1 aliphatic rings. The predicted molar refractivity (Wildman–Crippen MR) is 102 cm³/mol. The van der Waals surface area contributed by atoms with Gasteiger partial charge in [0.1, 0.15) is 42.8 Å². The molecule has 0 aromatic carbocycles. The fraction of sp³-hybridized carbons (Fsp3) is 0.643. The van der Waals surface area contributed by atoms with Crippen LogP contribution in [0.25, 0.3) is 0 Å². The maximum atomic E-state index is 11.5. The molecule has 2 radical (unpaired) electrons. The number of rotatable bonds is 11. The molecular formula is C14H21NNa2O14S. The van der Waals surface area contributed by atoms with Crippen molar-refractivity contribution in [1.82, 2.24) is 5.32 Å². The molecule has 15 nitrogen and oxygen atoms in total. The number of carbonyl (C=O) groups excluding carboxylic acids is 2. The van der Waals surface area contributed by atoms with Crippen LogP contribution in [0.4, 0.5) is 0 Å². The smallest absolute Gasteiger partial charge is 0.397 e. The van der Waals surface area contributed by atoms with Gasteiger partial charge in [-0.1, -0.05) is 0 Å². The van der Waals surface area contributed by atoms with Crippen molar-refractivity contribution in [2.75, 3.05) is 6.61 Å². The van der Waals surface area contributed by atoms with Crippen molar-refractivity contribution in [3.8, 4) is 0 Å². The second-order valence-electron chi connectivity index (χ2n) is 6.01. The van der Waals surface area contributed by atoms with Gasteiger partial charge in [0, 0.05) is 66.0 Å². The van der Waals surface area contributed by atoms with Gasteiger partial charge in [0.2, 0.25) is 18.0 Å². The Hall–Kier alpha value is -0.180. The monoisotopic (exact) mass is 505 g/mol. The van der Waals surface area contributed by atoms with E-state index >= 15 is 0 Å². The van der Waals surface area contributed by atoms with E-state index in [2.05, 4.69) is 4.18 Å². The first kappa shape index (κ1) is 34.0. The van der Waals surface area contributed by atoms with Gasteiger partial charge >= 0.3 is 16.4 Å². The SMILES string of the molecule is CC(=O)N[C@@H](C=O)[C@@H](O[C@@H]1OC(C(=O)O)=C[C@H](O)[C@H]1O)[C@@H](OS(=O)(=O)O)[C@H](O)CO.[Na].[Na]. The molecule has 0 bridgehead atoms. The van der Waals surface area contributed by atoms with Crippen LogP contribution in [-0.4, -0.2) is 165 Å². The standard InChI is InChI=1S/C14H21NO14S.2Na/c1-5(18)15-6(3-16)11(12(8(20)4-17)29-30(24,25)26)28-14-10(21)7(19)2-9(27-14)13(22)23;;/h2-3,6-8,10-12,14,17,19-21H,4H2,1H3,(H,15,18)(H,22,23)(H,24,25,26);;/t6-,7-,8+,10+,11+,12-,14-;;/m0../s1. The van der Waals surface area contributed by atoms with Gasteiger partial charge in [-0.05, 0) is 6.08 Å². The summed E-state index contributed by atoms with van der Waals surface area (Å²) in [5.41, 5.74) is 0. The first-order valence-electron chi connectivity index (χ1n) is 8.11. The van der Waals surface area contributed by atoms with Crippen LogP contribution in [-0.2, 0) is 38.4 Å². The third-order valence-corrected chi connectivity index (χ3v) is 4.15. The molecule has 1 rings (SSSR count). The third-order valence-electron chi connectivity index (χ3n) is 3.69. The van der Waals surface area contributed by atoms with Crippen LogP contribution in [0, 0.1) is 0 Å². The second kappa shape index (κ2) is 14.9. The van der Waals surface area contributed by atoms with Crippen LogP contribution in [0.15, 0.2) is 11.8 Å². The summed E-state index contributed by atoms with van der Waals surface area (Å²) in [5.74, 6) is -3.41. The molecule has 32 heavy (non-hydrogen) atoms. The second-order valence-corrected chi connectivity index (χ2v) is 7.05. The molecule has 174 valence electrons. The summed E-state index contributed by atoms with van der Waals surface area (Å²) in [7, 11) is -5.32. The van der Waals surface area contributed by atoms with E-state index in [1.807, 2.05) is 5.32 Å². The largest absolute Gasteiger partial charge is 0.475 e. The van der Waals surface area contributed by atoms with Gasteiger partial charge < -0.3 is 45.1 Å². The van der Waals surface area contributed by atoms with Crippen LogP contribution in [0.3, 0.4) is 0 Å². The molecule has 0 aliphatic carbocycles. The number of amides is 1. The summed E-state index contributed by atoms with van der Waals surface area (Å²) in [4.78, 5) is 33.9. The average molecular weight is 505 g/mol. The van der Waals surface area contributed by atoms with Crippen LogP contribution in [0.2, 0.25) is 0 Å². The van der Waals surface area contributed by atoms with E-state index < -0.39 is 77.5 Å². The number of carboxylic acids is 1. The molecule has 1 aliphatic heterocycles. The van der Waals surface area contributed by atoms with E-state index in [4.69, 9.17) is 24.2 Å². The van der Waals surface area contributed by atoms with Crippen LogP contribution >= 0.6 is 0 Å². The number of aldehydes is 1. The molecule has 0 spiro atoms. The number of carboxylic acid groups (broad SMARTS) is 1. The molecule has 0 saturated carbocycles. The van der Waals surface area contributed by atoms with Gasteiger partial charge in [-0.3, -0.25) is 9.35 Å². The molecule has 0 fully saturated rings. The zero-order valence-electron chi connectivity index (χ0n) is 17.3. The molecule has 0 aromatic rings. The maximum Gasteiger partial charge on any atom is 0.397 e. The fourth-order valence-corrected chi connectivity index (χ4v) is 2.93. The Kier molecular flexibility index (Phi) is 15.9. The summed E-state index contributed by atoms with van der Waals surface area (Å²) >= 11 is 0. The predicted octanol–water partition coefficient (Wildman–Crippen LogP) is -5.10. The Labute approximate surface area is 226 Å². The molecule has 7 N–H and O–H groups in total. The molecule has 1 heterocycles. The minimum Gasteiger partial charge on any atom is -0.475 e. The molecule has 0 aromatic heterocycles. The quantitative estimate of drug-likeness (QED) is 0.0789. The molecule has 7 atom stereocenters. The van der Waals surface area contributed by atoms with Crippen LogP contribution in [0.5, 0.6) is 0 Å². The number of aliphatic hydroxyl groups excluding tert-OH is 4. The van der Waals surface area contributed by atoms with Crippen molar-refractivity contribution in [3.05, 3.63) is 11.8 Å². The van der Waals surface area contributed by atoms with Crippen molar-refractivity contribution >= 4 is 87.7 Å². The fourth-order valence-electron chi connectivity index (χ4n) is 2.41. The Morgan fingerprint density at radius 2 is 1.84 bits per heavy atom. The van der Waals surface area contributed by atoms with Crippen molar-refractivity contribution in [3.63, 3.8) is 0 Å². The Balaban J connectivity index is 0. The molecule has 0 saturated heterocycles. The summed E-state index contributed by atoms with van der Waals surface area (Å²) in [6.45, 7) is -0.224. The van der Waals surface area contributed by atoms with E-state index in [1.54, 1.807) is 0 Å². The summed E-state index contributed by atoms with van der Waals surface area (Å²) in [6, 6.07) is -1.82. The Bertz CT molecular complexity index is 777. The zero-order chi connectivity index (χ0) is 23.2. The van der Waals surface area contributed by atoms with Gasteiger partial charge in [-0.15, -0.1) is 0 Å². The van der Waals surface area contributed by atoms with E-state index in [9.17, 15) is 38.1 Å². The number of aliphatic hydroxyl groups is 4. The van der Waals surface area contributed by atoms with Crippen molar-refractivity contribution in [2.24, 2.45) is 0 Å². The van der Waals surface area contributed by atoms with E-state index in [0.717, 1.165) is 6.92 Å². The average Bonchev–Trinajstić information content (AvgIpc) is 2.63. The van der Waals surface area contributed by atoms with Crippen LogP contribution < -0.4 is 5.32 Å². The van der Waals surface area contributed by atoms with Crippen molar-refractivity contribution in [1.29, 1.82) is 0 Å².